The van der Waals surface area contributed by atoms with E-state index in [1.165, 1.54) is 14.2 Å². The molecule has 13 heteroatoms. The number of amides is 2. The summed E-state index contributed by atoms with van der Waals surface area (Å²) in [6.45, 7) is 0.808. The molecule has 164 valence electrons. The number of carboxylic acids is 1. The van der Waals surface area contributed by atoms with E-state index in [2.05, 4.69) is 14.3 Å². The molecule has 1 saturated heterocycles. The summed E-state index contributed by atoms with van der Waals surface area (Å²) in [6.07, 6.45) is 0.160. The number of nitrogens with zero attached hydrogens (tertiary/aromatic N) is 1. The molecule has 0 bridgehead atoms. The van der Waals surface area contributed by atoms with E-state index in [9.17, 15) is 19.2 Å². The summed E-state index contributed by atoms with van der Waals surface area (Å²) >= 11 is 9.53. The Morgan fingerprint density at radius 2 is 1.36 bits per heavy atom. The lowest BCUT2D eigenvalue weighted by Gasteiger charge is -2.12. The number of halogens is 2. The van der Waals surface area contributed by atoms with E-state index < -0.39 is 23.8 Å². The Morgan fingerprint density at radius 1 is 0.929 bits per heavy atom. The first-order valence-corrected chi connectivity index (χ1v) is 8.94. The van der Waals surface area contributed by atoms with E-state index >= 15 is 0 Å². The average molecular weight is 450 g/mol. The summed E-state index contributed by atoms with van der Waals surface area (Å²) in [6, 6.07) is 0. The standard InChI is InChI=1S/C9H13NO6.C5H10O4.CH2Cl2/c1-14-4-5-15-6-9(13)16-10-7(11)2-3-8(10)12;1-8-2-3-9-4-5(6)7;2-1-3/h2-6H2,1H3;2-4H2,1H3,(H,6,7);1H2. The number of ether oxygens (including phenoxy) is 4. The number of imide groups is 1. The fourth-order valence-corrected chi connectivity index (χ4v) is 1.39. The number of alkyl halides is 2. The Morgan fingerprint density at radius 3 is 1.75 bits per heavy atom. The highest BCUT2D eigenvalue weighted by atomic mass is 35.5. The SMILES string of the molecule is COCCOCC(=O)O.COCCOCC(=O)ON1C(=O)CCC1=O.ClCCl. The minimum Gasteiger partial charge on any atom is -0.480 e. The molecule has 0 saturated carbocycles. The largest absolute Gasteiger partial charge is 0.480 e. The van der Waals surface area contributed by atoms with Gasteiger partial charge in [-0.25, -0.2) is 9.59 Å². The minimum atomic E-state index is -0.953. The average Bonchev–Trinajstić information content (AvgIpc) is 2.95. The second-order valence-electron chi connectivity index (χ2n) is 4.63. The summed E-state index contributed by atoms with van der Waals surface area (Å²) in [4.78, 5) is 47.6. The Hall–Kier alpha value is -1.50. The second-order valence-corrected chi connectivity index (χ2v) is 5.44. The molecular formula is C15H25Cl2NO10. The number of carbonyl (C=O) groups excluding carboxylic acids is 3. The van der Waals surface area contributed by atoms with Gasteiger partial charge in [0.15, 0.2) is 0 Å². The lowest BCUT2D eigenvalue weighted by Crippen LogP contribution is -2.33. The van der Waals surface area contributed by atoms with Crippen LogP contribution < -0.4 is 0 Å². The Balaban J connectivity index is 0. The van der Waals surface area contributed by atoms with Crippen LogP contribution in [-0.4, -0.2) is 93.1 Å². The van der Waals surface area contributed by atoms with Crippen LogP contribution in [-0.2, 0) is 43.0 Å². The highest BCUT2D eigenvalue weighted by molar-refractivity contribution is 6.40. The maximum absolute atomic E-state index is 11.1. The zero-order valence-electron chi connectivity index (χ0n) is 15.7. The van der Waals surface area contributed by atoms with E-state index in [0.717, 1.165) is 0 Å². The topological polar surface area (TPSA) is 138 Å². The minimum absolute atomic E-state index is 0.0800. The van der Waals surface area contributed by atoms with E-state index in [0.29, 0.717) is 24.9 Å². The smallest absolute Gasteiger partial charge is 0.358 e. The van der Waals surface area contributed by atoms with Crippen LogP contribution in [0.5, 0.6) is 0 Å². The predicted octanol–water partition coefficient (Wildman–Crippen LogP) is 0.412. The van der Waals surface area contributed by atoms with Crippen LogP contribution in [0, 0.1) is 0 Å². The van der Waals surface area contributed by atoms with Gasteiger partial charge in [0.1, 0.15) is 13.2 Å². The molecule has 0 aromatic rings. The van der Waals surface area contributed by atoms with Gasteiger partial charge in [0.2, 0.25) is 0 Å². The molecule has 1 fully saturated rings. The molecular weight excluding hydrogens is 425 g/mol. The van der Waals surface area contributed by atoms with Crippen LogP contribution in [0.15, 0.2) is 0 Å². The van der Waals surface area contributed by atoms with Gasteiger partial charge >= 0.3 is 11.9 Å². The molecule has 0 spiro atoms. The van der Waals surface area contributed by atoms with Gasteiger partial charge in [-0.1, -0.05) is 0 Å². The summed E-state index contributed by atoms with van der Waals surface area (Å²) in [5.41, 5.74) is 0. The zero-order chi connectivity index (χ0) is 21.8. The van der Waals surface area contributed by atoms with Crippen molar-refractivity contribution in [2.24, 2.45) is 0 Å². The third-order valence-electron chi connectivity index (χ3n) is 2.51. The van der Waals surface area contributed by atoms with Gasteiger partial charge < -0.3 is 28.9 Å². The van der Waals surface area contributed by atoms with Gasteiger partial charge in [-0.05, 0) is 0 Å². The Bertz CT molecular complexity index is 448. The number of carbonyl (C=O) groups is 4. The Labute approximate surface area is 172 Å². The normalized spacial score (nSPS) is 12.6. The van der Waals surface area contributed by atoms with Crippen LogP contribution >= 0.6 is 23.2 Å². The summed E-state index contributed by atoms with van der Waals surface area (Å²) in [5.74, 6) is -2.74. The van der Waals surface area contributed by atoms with Crippen molar-refractivity contribution in [1.29, 1.82) is 0 Å². The van der Waals surface area contributed by atoms with E-state index in [4.69, 9.17) is 37.8 Å². The van der Waals surface area contributed by atoms with Crippen LogP contribution in [0.2, 0.25) is 0 Å². The third kappa shape index (κ3) is 17.9. The molecule has 2 amide bonds. The predicted molar refractivity (Wildman–Crippen MR) is 96.8 cm³/mol. The summed E-state index contributed by atoms with van der Waals surface area (Å²) < 4.78 is 18.8. The van der Waals surface area contributed by atoms with Gasteiger partial charge in [0.05, 0.1) is 31.8 Å². The van der Waals surface area contributed by atoms with Gasteiger partial charge in [0.25, 0.3) is 11.8 Å². The number of hydrogen-bond donors (Lipinski definition) is 1. The number of aliphatic carboxylic acids is 1. The molecule has 0 radical (unpaired) electrons. The first kappa shape index (κ1) is 28.7. The molecule has 28 heavy (non-hydrogen) atoms. The number of methoxy groups -OCH3 is 2. The van der Waals surface area contributed by atoms with Crippen molar-refractivity contribution in [2.45, 2.75) is 12.8 Å². The monoisotopic (exact) mass is 449 g/mol. The maximum Gasteiger partial charge on any atom is 0.358 e. The maximum atomic E-state index is 11.1. The number of rotatable bonds is 11. The third-order valence-corrected chi connectivity index (χ3v) is 2.51. The molecule has 1 aliphatic rings. The highest BCUT2D eigenvalue weighted by Crippen LogP contribution is 2.11. The van der Waals surface area contributed by atoms with Crippen LogP contribution in [0.4, 0.5) is 0 Å². The molecule has 1 heterocycles. The van der Waals surface area contributed by atoms with Gasteiger partial charge in [-0.15, -0.1) is 28.3 Å². The van der Waals surface area contributed by atoms with Crippen molar-refractivity contribution in [2.75, 3.05) is 59.2 Å². The van der Waals surface area contributed by atoms with Gasteiger partial charge in [-0.3, -0.25) is 9.59 Å². The fourth-order valence-electron chi connectivity index (χ4n) is 1.39. The van der Waals surface area contributed by atoms with Crippen molar-refractivity contribution < 1.29 is 48.1 Å². The molecule has 0 aromatic heterocycles. The van der Waals surface area contributed by atoms with Crippen LogP contribution in [0.25, 0.3) is 0 Å². The second kappa shape index (κ2) is 20.2. The first-order chi connectivity index (χ1) is 13.3. The van der Waals surface area contributed by atoms with Gasteiger partial charge in [0, 0.05) is 27.1 Å². The molecule has 0 aromatic carbocycles. The summed E-state index contributed by atoms with van der Waals surface area (Å²) in [7, 11) is 3.04. The van der Waals surface area contributed by atoms with Crippen molar-refractivity contribution in [3.63, 3.8) is 0 Å². The molecule has 11 nitrogen and oxygen atoms in total. The highest BCUT2D eigenvalue weighted by Gasteiger charge is 2.32. The number of hydroxylamine groups is 2. The molecule has 0 unspecified atom stereocenters. The summed E-state index contributed by atoms with van der Waals surface area (Å²) in [5, 5.41) is 8.73. The quantitative estimate of drug-likeness (QED) is 0.268. The lowest BCUT2D eigenvalue weighted by molar-refractivity contribution is -0.200. The molecule has 0 atom stereocenters. The van der Waals surface area contributed by atoms with E-state index in [1.807, 2.05) is 0 Å². The van der Waals surface area contributed by atoms with Crippen molar-refractivity contribution in [1.82, 2.24) is 5.06 Å². The van der Waals surface area contributed by atoms with Crippen molar-refractivity contribution in [3.8, 4) is 0 Å². The number of carboxylic acid groups (broad SMARTS) is 1. The van der Waals surface area contributed by atoms with Crippen LogP contribution in [0.1, 0.15) is 12.8 Å². The zero-order valence-corrected chi connectivity index (χ0v) is 17.2. The first-order valence-electron chi connectivity index (χ1n) is 7.87. The number of hydrogen-bond acceptors (Lipinski definition) is 9. The molecule has 1 N–H and O–H groups in total. The van der Waals surface area contributed by atoms with Crippen LogP contribution in [0.3, 0.4) is 0 Å². The Kier molecular flexibility index (Phi) is 20.8. The van der Waals surface area contributed by atoms with Gasteiger partial charge in [-0.2, -0.15) is 0 Å². The fraction of sp³-hybridized carbons (Fsp3) is 0.733. The molecule has 0 aliphatic carbocycles. The molecule has 1 rings (SSSR count). The van der Waals surface area contributed by atoms with E-state index in [1.54, 1.807) is 0 Å². The van der Waals surface area contributed by atoms with E-state index in [-0.39, 0.29) is 38.0 Å². The van der Waals surface area contributed by atoms with Crippen molar-refractivity contribution >= 4 is 47.0 Å². The molecule has 1 aliphatic heterocycles. The van der Waals surface area contributed by atoms with Crippen molar-refractivity contribution in [3.05, 3.63) is 0 Å². The lowest BCUT2D eigenvalue weighted by atomic mass is 10.4.